The molecule has 0 bridgehead atoms. The van der Waals surface area contributed by atoms with E-state index >= 15 is 0 Å². The SMILES string of the molecule is [NH3+][C@H](CCC(=O)[O-])CC(=O)[O-]. The van der Waals surface area contributed by atoms with Crippen LogP contribution in [0.5, 0.6) is 0 Å². The zero-order chi connectivity index (χ0) is 8.85. The molecule has 0 aliphatic carbocycles. The smallest absolute Gasteiger partial charge is 0.0900 e. The minimum atomic E-state index is -1.21. The average Bonchev–Trinajstić information content (AvgIpc) is 1.82. The van der Waals surface area contributed by atoms with Crippen LogP contribution in [0.25, 0.3) is 0 Å². The van der Waals surface area contributed by atoms with Crippen LogP contribution in [0, 0.1) is 0 Å². The summed E-state index contributed by atoms with van der Waals surface area (Å²) in [5.74, 6) is -2.39. The first-order valence-electron chi connectivity index (χ1n) is 3.25. The summed E-state index contributed by atoms with van der Waals surface area (Å²) in [5, 5.41) is 19.8. The molecule has 0 saturated heterocycles. The number of aliphatic carboxylic acids is 2. The molecule has 3 N–H and O–H groups in total. The zero-order valence-corrected chi connectivity index (χ0v) is 6.04. The molecule has 0 heterocycles. The first-order valence-corrected chi connectivity index (χ1v) is 3.25. The van der Waals surface area contributed by atoms with Crippen LogP contribution in [-0.4, -0.2) is 18.0 Å². The van der Waals surface area contributed by atoms with E-state index in [2.05, 4.69) is 5.73 Å². The van der Waals surface area contributed by atoms with Gasteiger partial charge in [0.1, 0.15) is 0 Å². The number of carboxylic acids is 2. The Morgan fingerprint density at radius 3 is 2.18 bits per heavy atom. The number of carbonyl (C=O) groups is 2. The molecule has 0 aromatic heterocycles. The Morgan fingerprint density at radius 2 is 1.82 bits per heavy atom. The standard InChI is InChI=1S/C6H11NO4/c7-4(3-6(10)11)1-2-5(8)9/h4H,1-3,7H2,(H,8,9)(H,10,11)/p-1/t4-/m1/s1. The summed E-state index contributed by atoms with van der Waals surface area (Å²) >= 11 is 0. The fourth-order valence-corrected chi connectivity index (χ4v) is 0.660. The molecule has 0 rings (SSSR count). The minimum absolute atomic E-state index is 0.151. The summed E-state index contributed by atoms with van der Waals surface area (Å²) < 4.78 is 0. The van der Waals surface area contributed by atoms with E-state index in [9.17, 15) is 19.8 Å². The third kappa shape index (κ3) is 6.79. The molecule has 0 aliphatic rings. The number of carbonyl (C=O) groups excluding carboxylic acids is 2. The largest absolute Gasteiger partial charge is 0.550 e. The Labute approximate surface area is 63.8 Å². The summed E-state index contributed by atoms with van der Waals surface area (Å²) in [5.41, 5.74) is 3.44. The Hall–Kier alpha value is -1.10. The van der Waals surface area contributed by atoms with Crippen LogP contribution in [0.15, 0.2) is 0 Å². The topological polar surface area (TPSA) is 108 Å². The third-order valence-electron chi connectivity index (χ3n) is 1.21. The highest BCUT2D eigenvalue weighted by Crippen LogP contribution is 1.94. The van der Waals surface area contributed by atoms with Crippen molar-refractivity contribution in [3.05, 3.63) is 0 Å². The van der Waals surface area contributed by atoms with E-state index in [4.69, 9.17) is 0 Å². The van der Waals surface area contributed by atoms with Crippen LogP contribution in [0.1, 0.15) is 19.3 Å². The molecule has 64 valence electrons. The number of rotatable bonds is 5. The first-order chi connectivity index (χ1) is 5.02. The van der Waals surface area contributed by atoms with Gasteiger partial charge in [-0.15, -0.1) is 0 Å². The van der Waals surface area contributed by atoms with Crippen molar-refractivity contribution >= 4 is 11.9 Å². The maximum atomic E-state index is 9.94. The monoisotopic (exact) mass is 160 g/mol. The predicted molar refractivity (Wildman–Crippen MR) is 30.5 cm³/mol. The molecule has 0 aliphatic heterocycles. The van der Waals surface area contributed by atoms with Crippen molar-refractivity contribution in [2.75, 3.05) is 0 Å². The number of quaternary nitrogens is 1. The molecule has 0 spiro atoms. The van der Waals surface area contributed by atoms with E-state index < -0.39 is 18.0 Å². The average molecular weight is 160 g/mol. The molecule has 0 fully saturated rings. The minimum Gasteiger partial charge on any atom is -0.550 e. The molecule has 5 nitrogen and oxygen atoms in total. The van der Waals surface area contributed by atoms with E-state index in [0.29, 0.717) is 0 Å². The molecule has 1 atom stereocenters. The quantitative estimate of drug-likeness (QED) is 0.446. The zero-order valence-electron chi connectivity index (χ0n) is 6.04. The van der Waals surface area contributed by atoms with Gasteiger partial charge in [-0.2, -0.15) is 0 Å². The van der Waals surface area contributed by atoms with Gasteiger partial charge in [0.2, 0.25) is 0 Å². The highest BCUT2D eigenvalue weighted by Gasteiger charge is 2.05. The van der Waals surface area contributed by atoms with Gasteiger partial charge in [-0.25, -0.2) is 0 Å². The van der Waals surface area contributed by atoms with Gasteiger partial charge >= 0.3 is 0 Å². The maximum Gasteiger partial charge on any atom is 0.0900 e. The molecule has 11 heavy (non-hydrogen) atoms. The van der Waals surface area contributed by atoms with Crippen molar-refractivity contribution in [1.29, 1.82) is 0 Å². The lowest BCUT2D eigenvalue weighted by atomic mass is 10.1. The Morgan fingerprint density at radius 1 is 1.27 bits per heavy atom. The lowest BCUT2D eigenvalue weighted by molar-refractivity contribution is -0.426. The second-order valence-electron chi connectivity index (χ2n) is 2.35. The fraction of sp³-hybridized carbons (Fsp3) is 0.667. The summed E-state index contributed by atoms with van der Waals surface area (Å²) in [4.78, 5) is 19.8. The van der Waals surface area contributed by atoms with Gasteiger partial charge in [0.25, 0.3) is 0 Å². The van der Waals surface area contributed by atoms with Crippen molar-refractivity contribution in [1.82, 2.24) is 0 Å². The van der Waals surface area contributed by atoms with E-state index in [0.717, 1.165) is 0 Å². The van der Waals surface area contributed by atoms with E-state index in [1.807, 2.05) is 0 Å². The van der Waals surface area contributed by atoms with E-state index in [1.165, 1.54) is 0 Å². The van der Waals surface area contributed by atoms with Crippen LogP contribution in [0.3, 0.4) is 0 Å². The molecular weight excluding hydrogens is 150 g/mol. The highest BCUT2D eigenvalue weighted by atomic mass is 16.4. The lowest BCUT2D eigenvalue weighted by Crippen LogP contribution is -2.62. The van der Waals surface area contributed by atoms with Crippen LogP contribution in [-0.2, 0) is 9.59 Å². The van der Waals surface area contributed by atoms with Crippen molar-refractivity contribution < 1.29 is 25.5 Å². The molecular formula is C6H10NO4-. The van der Waals surface area contributed by atoms with Gasteiger partial charge < -0.3 is 25.5 Å². The highest BCUT2D eigenvalue weighted by molar-refractivity contribution is 5.66. The second kappa shape index (κ2) is 4.68. The van der Waals surface area contributed by atoms with Gasteiger partial charge in [-0.1, -0.05) is 0 Å². The molecule has 0 aromatic carbocycles. The molecule has 0 amide bonds. The van der Waals surface area contributed by atoms with Gasteiger partial charge in [-0.05, 0) is 6.42 Å². The fourth-order valence-electron chi connectivity index (χ4n) is 0.660. The van der Waals surface area contributed by atoms with Crippen LogP contribution < -0.4 is 15.9 Å². The number of hydrogen-bond acceptors (Lipinski definition) is 4. The first kappa shape index (κ1) is 9.90. The van der Waals surface area contributed by atoms with Crippen LogP contribution in [0.4, 0.5) is 0 Å². The van der Waals surface area contributed by atoms with Crippen LogP contribution >= 0.6 is 0 Å². The third-order valence-corrected chi connectivity index (χ3v) is 1.21. The predicted octanol–water partition coefficient (Wildman–Crippen LogP) is -3.73. The van der Waals surface area contributed by atoms with Crippen molar-refractivity contribution in [2.45, 2.75) is 25.3 Å². The second-order valence-corrected chi connectivity index (χ2v) is 2.35. The molecule has 0 unspecified atom stereocenters. The van der Waals surface area contributed by atoms with E-state index in [1.54, 1.807) is 0 Å². The number of carboxylic acid groups (broad SMARTS) is 2. The molecule has 5 heteroatoms. The van der Waals surface area contributed by atoms with Crippen molar-refractivity contribution in [3.8, 4) is 0 Å². The van der Waals surface area contributed by atoms with Gasteiger partial charge in [0, 0.05) is 24.8 Å². The molecule has 0 aromatic rings. The van der Waals surface area contributed by atoms with Crippen LogP contribution in [0.2, 0.25) is 0 Å². The molecule has 0 saturated carbocycles. The summed E-state index contributed by atoms with van der Waals surface area (Å²) in [6.45, 7) is 0. The molecule has 0 radical (unpaired) electrons. The van der Waals surface area contributed by atoms with Gasteiger partial charge in [0.05, 0.1) is 6.04 Å². The Balaban J connectivity index is 3.44. The summed E-state index contributed by atoms with van der Waals surface area (Å²) in [6.07, 6.45) is -0.134. The van der Waals surface area contributed by atoms with E-state index in [-0.39, 0.29) is 19.3 Å². The Kier molecular flexibility index (Phi) is 4.21. The van der Waals surface area contributed by atoms with Crippen molar-refractivity contribution in [2.24, 2.45) is 0 Å². The number of hydrogen-bond donors (Lipinski definition) is 1. The summed E-state index contributed by atoms with van der Waals surface area (Å²) in [6, 6.07) is -0.405. The lowest BCUT2D eigenvalue weighted by Gasteiger charge is -2.08. The van der Waals surface area contributed by atoms with Gasteiger partial charge in [-0.3, -0.25) is 0 Å². The maximum absolute atomic E-state index is 9.94. The Bertz CT molecular complexity index is 157. The van der Waals surface area contributed by atoms with Crippen molar-refractivity contribution in [3.63, 3.8) is 0 Å². The van der Waals surface area contributed by atoms with Gasteiger partial charge in [0.15, 0.2) is 0 Å². The summed E-state index contributed by atoms with van der Waals surface area (Å²) in [7, 11) is 0. The normalized spacial score (nSPS) is 12.5.